The number of nitrogens with zero attached hydrogens (tertiary/aromatic N) is 1. The Morgan fingerprint density at radius 1 is 1.55 bits per heavy atom. The van der Waals surface area contributed by atoms with E-state index in [2.05, 4.69) is 11.9 Å². The Bertz CT molecular complexity index is 134. The maximum absolute atomic E-state index is 5.74. The van der Waals surface area contributed by atoms with Gasteiger partial charge in [0.1, 0.15) is 0 Å². The minimum absolute atomic E-state index is 0. The summed E-state index contributed by atoms with van der Waals surface area (Å²) in [4.78, 5) is 4.27. The highest BCUT2D eigenvalue weighted by atomic mass is 35.5. The second kappa shape index (κ2) is 5.42. The van der Waals surface area contributed by atoms with Gasteiger partial charge in [-0.15, -0.1) is 12.4 Å². The van der Waals surface area contributed by atoms with E-state index in [-0.39, 0.29) is 12.4 Å². The maximum Gasteiger partial charge on any atom is 0.0968 e. The van der Waals surface area contributed by atoms with Crippen LogP contribution in [0.4, 0.5) is 0 Å². The van der Waals surface area contributed by atoms with Gasteiger partial charge in [-0.1, -0.05) is 13.3 Å². The summed E-state index contributed by atoms with van der Waals surface area (Å²) in [5.74, 6) is 1.46. The zero-order valence-electron chi connectivity index (χ0n) is 7.05. The highest BCUT2D eigenvalue weighted by Gasteiger charge is 2.12. The second-order valence-electron chi connectivity index (χ2n) is 2.91. The van der Waals surface area contributed by atoms with Crippen LogP contribution in [0.25, 0.3) is 0 Å². The molecule has 3 heteroatoms. The fraction of sp³-hybridized carbons (Fsp3) is 0.875. The number of amidine groups is 1. The topological polar surface area (TPSA) is 38.4 Å². The molecule has 0 bridgehead atoms. The summed E-state index contributed by atoms with van der Waals surface area (Å²) < 4.78 is 0. The normalized spacial score (nSPS) is 24.8. The first kappa shape index (κ1) is 10.8. The SMILES string of the molecule is CCC1CCCCN=C1N.Cl. The molecule has 1 rings (SSSR count). The van der Waals surface area contributed by atoms with Crippen molar-refractivity contribution in [3.63, 3.8) is 0 Å². The Balaban J connectivity index is 0.000001000. The van der Waals surface area contributed by atoms with Crippen LogP contribution >= 0.6 is 12.4 Å². The smallest absolute Gasteiger partial charge is 0.0968 e. The van der Waals surface area contributed by atoms with Crippen molar-refractivity contribution in [3.05, 3.63) is 0 Å². The molecule has 0 amide bonds. The van der Waals surface area contributed by atoms with Gasteiger partial charge in [-0.25, -0.2) is 0 Å². The predicted octanol–water partition coefficient (Wildman–Crippen LogP) is 1.98. The van der Waals surface area contributed by atoms with E-state index in [1.807, 2.05) is 0 Å². The first-order valence-corrected chi connectivity index (χ1v) is 4.14. The summed E-state index contributed by atoms with van der Waals surface area (Å²) in [5, 5.41) is 0. The summed E-state index contributed by atoms with van der Waals surface area (Å²) in [6.07, 6.45) is 4.90. The van der Waals surface area contributed by atoms with Crippen molar-refractivity contribution < 1.29 is 0 Å². The number of rotatable bonds is 1. The van der Waals surface area contributed by atoms with Gasteiger partial charge in [-0.2, -0.15) is 0 Å². The van der Waals surface area contributed by atoms with Crippen molar-refractivity contribution >= 4 is 18.2 Å². The largest absolute Gasteiger partial charge is 0.387 e. The first-order valence-electron chi connectivity index (χ1n) is 4.14. The number of hydrogen-bond donors (Lipinski definition) is 1. The van der Waals surface area contributed by atoms with Crippen LogP contribution in [0.1, 0.15) is 32.6 Å². The van der Waals surface area contributed by atoms with Gasteiger partial charge in [0.05, 0.1) is 5.84 Å². The van der Waals surface area contributed by atoms with E-state index in [9.17, 15) is 0 Å². The van der Waals surface area contributed by atoms with Crippen LogP contribution in [0.3, 0.4) is 0 Å². The van der Waals surface area contributed by atoms with Crippen LogP contribution in [0, 0.1) is 5.92 Å². The minimum atomic E-state index is 0. The van der Waals surface area contributed by atoms with Gasteiger partial charge in [0.25, 0.3) is 0 Å². The summed E-state index contributed by atoms with van der Waals surface area (Å²) in [6.45, 7) is 3.13. The lowest BCUT2D eigenvalue weighted by atomic mass is 9.99. The van der Waals surface area contributed by atoms with E-state index in [0.29, 0.717) is 5.92 Å². The molecule has 2 nitrogen and oxygen atoms in total. The molecule has 1 aliphatic rings. The highest BCUT2D eigenvalue weighted by molar-refractivity contribution is 5.85. The summed E-state index contributed by atoms with van der Waals surface area (Å²) in [5.41, 5.74) is 5.74. The first-order chi connectivity index (χ1) is 4.84. The zero-order valence-corrected chi connectivity index (χ0v) is 7.86. The molecule has 0 aliphatic carbocycles. The molecule has 0 fully saturated rings. The molecule has 2 N–H and O–H groups in total. The standard InChI is InChI=1S/C8H16N2.ClH/c1-2-7-5-3-4-6-10-8(7)9;/h7H,2-6H2,1H3,(H2,9,10);1H. The lowest BCUT2D eigenvalue weighted by Crippen LogP contribution is -2.22. The number of hydrogen-bond acceptors (Lipinski definition) is 2. The molecule has 0 saturated carbocycles. The minimum Gasteiger partial charge on any atom is -0.387 e. The van der Waals surface area contributed by atoms with E-state index >= 15 is 0 Å². The molecule has 0 aromatic heterocycles. The monoisotopic (exact) mass is 176 g/mol. The van der Waals surface area contributed by atoms with Crippen molar-refractivity contribution in [2.45, 2.75) is 32.6 Å². The molecule has 0 aromatic rings. The van der Waals surface area contributed by atoms with Crippen LogP contribution in [0.2, 0.25) is 0 Å². The Labute approximate surface area is 74.7 Å². The Morgan fingerprint density at radius 2 is 2.27 bits per heavy atom. The third-order valence-electron chi connectivity index (χ3n) is 2.17. The molecule has 11 heavy (non-hydrogen) atoms. The third kappa shape index (κ3) is 3.10. The molecule has 0 saturated heterocycles. The van der Waals surface area contributed by atoms with Gasteiger partial charge in [-0.3, -0.25) is 4.99 Å². The molecule has 0 spiro atoms. The second-order valence-corrected chi connectivity index (χ2v) is 2.91. The molecule has 0 radical (unpaired) electrons. The molecule has 1 aliphatic heterocycles. The van der Waals surface area contributed by atoms with Crippen LogP contribution in [0.15, 0.2) is 4.99 Å². The van der Waals surface area contributed by atoms with Crippen molar-refractivity contribution in [3.8, 4) is 0 Å². The van der Waals surface area contributed by atoms with Crippen molar-refractivity contribution in [2.24, 2.45) is 16.6 Å². The average molecular weight is 177 g/mol. The van der Waals surface area contributed by atoms with E-state index in [4.69, 9.17) is 5.73 Å². The summed E-state index contributed by atoms with van der Waals surface area (Å²) in [6, 6.07) is 0. The summed E-state index contributed by atoms with van der Waals surface area (Å²) >= 11 is 0. The molecule has 0 aromatic carbocycles. The third-order valence-corrected chi connectivity index (χ3v) is 2.17. The van der Waals surface area contributed by atoms with Gasteiger partial charge < -0.3 is 5.73 Å². The van der Waals surface area contributed by atoms with Gasteiger partial charge in [-0.05, 0) is 19.3 Å². The van der Waals surface area contributed by atoms with Gasteiger partial charge >= 0.3 is 0 Å². The van der Waals surface area contributed by atoms with Gasteiger partial charge in [0, 0.05) is 12.5 Å². The molecule has 1 atom stereocenters. The predicted molar refractivity (Wildman–Crippen MR) is 51.4 cm³/mol. The maximum atomic E-state index is 5.74. The fourth-order valence-electron chi connectivity index (χ4n) is 1.40. The average Bonchev–Trinajstić information content (AvgIpc) is 2.13. The van der Waals surface area contributed by atoms with Gasteiger partial charge in [0.2, 0.25) is 0 Å². The van der Waals surface area contributed by atoms with E-state index in [0.717, 1.165) is 18.8 Å². The number of halogens is 1. The van der Waals surface area contributed by atoms with Crippen LogP contribution in [-0.4, -0.2) is 12.4 Å². The molecule has 1 heterocycles. The van der Waals surface area contributed by atoms with Crippen molar-refractivity contribution in [1.29, 1.82) is 0 Å². The van der Waals surface area contributed by atoms with Crippen molar-refractivity contribution in [2.75, 3.05) is 6.54 Å². The van der Waals surface area contributed by atoms with Crippen LogP contribution in [-0.2, 0) is 0 Å². The van der Waals surface area contributed by atoms with Gasteiger partial charge in [0.15, 0.2) is 0 Å². The summed E-state index contributed by atoms with van der Waals surface area (Å²) in [7, 11) is 0. The molecule has 66 valence electrons. The highest BCUT2D eigenvalue weighted by Crippen LogP contribution is 2.15. The fourth-order valence-corrected chi connectivity index (χ4v) is 1.40. The van der Waals surface area contributed by atoms with Crippen LogP contribution < -0.4 is 5.73 Å². The van der Waals surface area contributed by atoms with Crippen molar-refractivity contribution in [1.82, 2.24) is 0 Å². The Kier molecular flexibility index (Phi) is 5.30. The Hall–Kier alpha value is -0.240. The number of nitrogens with two attached hydrogens (primary N) is 1. The molecular weight excluding hydrogens is 160 g/mol. The van der Waals surface area contributed by atoms with Crippen LogP contribution in [0.5, 0.6) is 0 Å². The molecule has 1 unspecified atom stereocenters. The lowest BCUT2D eigenvalue weighted by molar-refractivity contribution is 0.576. The molecular formula is C8H17ClN2. The quantitative estimate of drug-likeness (QED) is 0.652. The van der Waals surface area contributed by atoms with E-state index in [1.165, 1.54) is 19.3 Å². The number of aliphatic imine (C=N–C) groups is 1. The Morgan fingerprint density at radius 3 is 2.91 bits per heavy atom. The van der Waals surface area contributed by atoms with E-state index in [1.54, 1.807) is 0 Å². The van der Waals surface area contributed by atoms with E-state index < -0.39 is 0 Å². The zero-order chi connectivity index (χ0) is 7.40. The lowest BCUT2D eigenvalue weighted by Gasteiger charge is -2.09.